The molecule has 0 unspecified atom stereocenters. The molecule has 0 radical (unpaired) electrons. The first-order chi connectivity index (χ1) is 4.74. The Morgan fingerprint density at radius 2 is 2.30 bits per heavy atom. The Hall–Kier alpha value is 0.440. The zero-order valence-electron chi connectivity index (χ0n) is 6.81. The summed E-state index contributed by atoms with van der Waals surface area (Å²) in [5.41, 5.74) is 0. The maximum atomic E-state index is 3.53. The van der Waals surface area contributed by atoms with E-state index in [2.05, 4.69) is 34.7 Å². The molecule has 0 aliphatic carbocycles. The van der Waals surface area contributed by atoms with Crippen LogP contribution in [-0.4, -0.2) is 29.4 Å². The quantitative estimate of drug-likeness (QED) is 0.625. The fraction of sp³-hybridized carbons (Fsp3) is 1.00. The molecule has 0 spiro atoms. The van der Waals surface area contributed by atoms with E-state index in [0.717, 1.165) is 12.0 Å². The molecule has 0 aromatic rings. The summed E-state index contributed by atoms with van der Waals surface area (Å²) in [6, 6.07) is 0.740. The van der Waals surface area contributed by atoms with E-state index in [1.54, 1.807) is 0 Å². The lowest BCUT2D eigenvalue weighted by atomic mass is 10.2. The number of likely N-dealkylation sites (tertiary alicyclic amines) is 1. The first kappa shape index (κ1) is 8.54. The second-order valence-corrected chi connectivity index (χ2v) is 4.05. The summed E-state index contributed by atoms with van der Waals surface area (Å²) in [4.78, 5) is 2.55. The molecule has 1 rings (SSSR count). The maximum Gasteiger partial charge on any atom is 0.00723 e. The van der Waals surface area contributed by atoms with Crippen molar-refractivity contribution in [1.29, 1.82) is 0 Å². The average molecular weight is 206 g/mol. The molecule has 0 aromatic heterocycles. The summed E-state index contributed by atoms with van der Waals surface area (Å²) in [6.07, 6.45) is 1.38. The van der Waals surface area contributed by atoms with E-state index >= 15 is 0 Å². The molecule has 0 saturated carbocycles. The van der Waals surface area contributed by atoms with Gasteiger partial charge in [-0.25, -0.2) is 0 Å². The zero-order valence-corrected chi connectivity index (χ0v) is 8.39. The highest BCUT2D eigenvalue weighted by Crippen LogP contribution is 2.19. The van der Waals surface area contributed by atoms with Gasteiger partial charge in [0.1, 0.15) is 0 Å². The lowest BCUT2D eigenvalue weighted by Gasteiger charge is -2.19. The van der Waals surface area contributed by atoms with Crippen molar-refractivity contribution in [2.24, 2.45) is 5.92 Å². The highest BCUT2D eigenvalue weighted by Gasteiger charge is 2.22. The van der Waals surface area contributed by atoms with Crippen LogP contribution in [0.1, 0.15) is 20.3 Å². The van der Waals surface area contributed by atoms with Gasteiger partial charge in [0.05, 0.1) is 0 Å². The SMILES string of the molecule is CC(C)N1CC[C@H](CBr)C1. The minimum atomic E-state index is 0.740. The Kier molecular flexibility index (Phi) is 3.18. The molecular formula is C8H16BrN. The van der Waals surface area contributed by atoms with E-state index in [1.807, 2.05) is 0 Å². The Bertz CT molecular complexity index is 103. The topological polar surface area (TPSA) is 3.24 Å². The first-order valence-electron chi connectivity index (χ1n) is 4.04. The van der Waals surface area contributed by atoms with Crippen LogP contribution in [0.2, 0.25) is 0 Å². The smallest absolute Gasteiger partial charge is 0.00723 e. The molecule has 1 aliphatic heterocycles. The summed E-state index contributed by atoms with van der Waals surface area (Å²) in [7, 11) is 0. The number of halogens is 1. The molecule has 1 nitrogen and oxygen atoms in total. The van der Waals surface area contributed by atoms with Gasteiger partial charge in [-0.3, -0.25) is 0 Å². The van der Waals surface area contributed by atoms with Crippen molar-refractivity contribution in [2.45, 2.75) is 26.3 Å². The summed E-state index contributed by atoms with van der Waals surface area (Å²) in [5, 5.41) is 1.18. The van der Waals surface area contributed by atoms with Crippen molar-refractivity contribution in [1.82, 2.24) is 4.90 Å². The predicted octanol–water partition coefficient (Wildman–Crippen LogP) is 2.11. The second kappa shape index (κ2) is 3.72. The molecule has 1 atom stereocenters. The molecule has 0 N–H and O–H groups in total. The summed E-state index contributed by atoms with van der Waals surface area (Å²) in [6.45, 7) is 7.14. The molecule has 0 amide bonds. The third-order valence-corrected chi connectivity index (χ3v) is 3.18. The molecule has 10 heavy (non-hydrogen) atoms. The van der Waals surface area contributed by atoms with Gasteiger partial charge < -0.3 is 4.90 Å². The number of nitrogens with zero attached hydrogens (tertiary/aromatic N) is 1. The Morgan fingerprint density at radius 3 is 2.60 bits per heavy atom. The van der Waals surface area contributed by atoms with Crippen molar-refractivity contribution in [3.05, 3.63) is 0 Å². The van der Waals surface area contributed by atoms with E-state index in [9.17, 15) is 0 Å². The van der Waals surface area contributed by atoms with Crippen LogP contribution < -0.4 is 0 Å². The highest BCUT2D eigenvalue weighted by molar-refractivity contribution is 9.09. The average Bonchev–Trinajstić information content (AvgIpc) is 2.34. The molecule has 1 heterocycles. The van der Waals surface area contributed by atoms with E-state index < -0.39 is 0 Å². The molecule has 0 aromatic carbocycles. The fourth-order valence-corrected chi connectivity index (χ4v) is 1.99. The van der Waals surface area contributed by atoms with Crippen LogP contribution in [0.25, 0.3) is 0 Å². The minimum Gasteiger partial charge on any atom is -0.301 e. The maximum absolute atomic E-state index is 3.53. The minimum absolute atomic E-state index is 0.740. The monoisotopic (exact) mass is 205 g/mol. The highest BCUT2D eigenvalue weighted by atomic mass is 79.9. The normalized spacial score (nSPS) is 28.2. The second-order valence-electron chi connectivity index (χ2n) is 3.40. The van der Waals surface area contributed by atoms with Crippen LogP contribution >= 0.6 is 15.9 Å². The van der Waals surface area contributed by atoms with E-state index in [0.29, 0.717) is 0 Å². The third kappa shape index (κ3) is 1.96. The van der Waals surface area contributed by atoms with Crippen molar-refractivity contribution in [3.8, 4) is 0 Å². The van der Waals surface area contributed by atoms with Gasteiger partial charge in [0, 0.05) is 17.9 Å². The Morgan fingerprint density at radius 1 is 1.60 bits per heavy atom. The molecule has 60 valence electrons. The lowest BCUT2D eigenvalue weighted by Crippen LogP contribution is -2.28. The van der Waals surface area contributed by atoms with Crippen molar-refractivity contribution in [2.75, 3.05) is 18.4 Å². The molecule has 1 aliphatic rings. The van der Waals surface area contributed by atoms with Gasteiger partial charge in [-0.2, -0.15) is 0 Å². The van der Waals surface area contributed by atoms with Crippen molar-refractivity contribution < 1.29 is 0 Å². The Labute approximate surface area is 71.9 Å². The van der Waals surface area contributed by atoms with Crippen molar-refractivity contribution in [3.63, 3.8) is 0 Å². The van der Waals surface area contributed by atoms with Gasteiger partial charge in [-0.1, -0.05) is 15.9 Å². The van der Waals surface area contributed by atoms with E-state index in [1.165, 1.54) is 24.8 Å². The van der Waals surface area contributed by atoms with Crippen LogP contribution in [-0.2, 0) is 0 Å². The fourth-order valence-electron chi connectivity index (χ4n) is 1.46. The number of hydrogen-bond acceptors (Lipinski definition) is 1. The Balaban J connectivity index is 2.28. The lowest BCUT2D eigenvalue weighted by molar-refractivity contribution is 0.268. The summed E-state index contributed by atoms with van der Waals surface area (Å²) < 4.78 is 0. The molecule has 1 fully saturated rings. The van der Waals surface area contributed by atoms with Gasteiger partial charge in [-0.05, 0) is 32.7 Å². The predicted molar refractivity (Wildman–Crippen MR) is 48.6 cm³/mol. The number of rotatable bonds is 2. The van der Waals surface area contributed by atoms with Crippen LogP contribution in [0.3, 0.4) is 0 Å². The van der Waals surface area contributed by atoms with Gasteiger partial charge in [0.25, 0.3) is 0 Å². The molecule has 2 heteroatoms. The first-order valence-corrected chi connectivity index (χ1v) is 5.16. The molecule has 1 saturated heterocycles. The van der Waals surface area contributed by atoms with Crippen molar-refractivity contribution >= 4 is 15.9 Å². The van der Waals surface area contributed by atoms with Gasteiger partial charge in [0.15, 0.2) is 0 Å². The van der Waals surface area contributed by atoms with E-state index in [-0.39, 0.29) is 0 Å². The van der Waals surface area contributed by atoms with Crippen LogP contribution in [0.5, 0.6) is 0 Å². The number of alkyl halides is 1. The van der Waals surface area contributed by atoms with Crippen LogP contribution in [0.4, 0.5) is 0 Å². The molecule has 0 bridgehead atoms. The van der Waals surface area contributed by atoms with Crippen LogP contribution in [0.15, 0.2) is 0 Å². The standard InChI is InChI=1S/C8H16BrN/c1-7(2)10-4-3-8(5-9)6-10/h7-8H,3-6H2,1-2H3/t8-/m1/s1. The van der Waals surface area contributed by atoms with E-state index in [4.69, 9.17) is 0 Å². The van der Waals surface area contributed by atoms with Gasteiger partial charge in [0.2, 0.25) is 0 Å². The molecular weight excluding hydrogens is 190 g/mol. The summed E-state index contributed by atoms with van der Waals surface area (Å²) in [5.74, 6) is 0.905. The van der Waals surface area contributed by atoms with Crippen LogP contribution in [0, 0.1) is 5.92 Å². The van der Waals surface area contributed by atoms with Gasteiger partial charge in [-0.15, -0.1) is 0 Å². The largest absolute Gasteiger partial charge is 0.301 e. The third-order valence-electron chi connectivity index (χ3n) is 2.27. The number of hydrogen-bond donors (Lipinski definition) is 0. The zero-order chi connectivity index (χ0) is 7.56. The van der Waals surface area contributed by atoms with Gasteiger partial charge >= 0.3 is 0 Å². The summed E-state index contributed by atoms with van der Waals surface area (Å²) >= 11 is 3.53.